The molecule has 5 heteroatoms. The van der Waals surface area contributed by atoms with Crippen LogP contribution in [0.1, 0.15) is 22.0 Å². The van der Waals surface area contributed by atoms with Crippen molar-refractivity contribution < 1.29 is 4.79 Å². The van der Waals surface area contributed by atoms with E-state index >= 15 is 0 Å². The maximum atomic E-state index is 12.4. The molecule has 2 N–H and O–H groups in total. The first kappa shape index (κ1) is 12.5. The molecule has 0 radical (unpaired) electrons. The van der Waals surface area contributed by atoms with Crippen molar-refractivity contribution in [1.29, 1.82) is 0 Å². The Hall–Kier alpha value is -2.53. The summed E-state index contributed by atoms with van der Waals surface area (Å²) in [7, 11) is 1.79. The summed E-state index contributed by atoms with van der Waals surface area (Å²) in [5.74, 6) is -0.156. The van der Waals surface area contributed by atoms with E-state index in [4.69, 9.17) is 5.73 Å². The van der Waals surface area contributed by atoms with Gasteiger partial charge in [-0.25, -0.2) is 0 Å². The molecular formula is C15H14N4O. The average molecular weight is 266 g/mol. The first-order valence-corrected chi connectivity index (χ1v) is 6.28. The minimum absolute atomic E-state index is 0.156. The van der Waals surface area contributed by atoms with Crippen LogP contribution >= 0.6 is 0 Å². The van der Waals surface area contributed by atoms with E-state index in [9.17, 15) is 4.79 Å². The molecule has 1 atom stereocenters. The van der Waals surface area contributed by atoms with E-state index in [1.165, 1.54) is 0 Å². The molecule has 1 unspecified atom stereocenters. The van der Waals surface area contributed by atoms with Crippen LogP contribution in [0.3, 0.4) is 0 Å². The monoisotopic (exact) mass is 266 g/mol. The molecule has 0 bridgehead atoms. The summed E-state index contributed by atoms with van der Waals surface area (Å²) in [6.45, 7) is 0. The molecule has 2 heterocycles. The number of fused-ring (bicyclic) bond motifs is 1. The molecular weight excluding hydrogens is 252 g/mol. The van der Waals surface area contributed by atoms with E-state index in [0.29, 0.717) is 11.1 Å². The molecule has 0 amide bonds. The number of carbonyl (C=O) groups is 1. The Morgan fingerprint density at radius 1 is 1.30 bits per heavy atom. The second-order valence-electron chi connectivity index (χ2n) is 4.71. The Bertz CT molecular complexity index is 778. The minimum atomic E-state index is -0.716. The summed E-state index contributed by atoms with van der Waals surface area (Å²) in [5.41, 5.74) is 8.07. The zero-order chi connectivity index (χ0) is 14.1. The lowest BCUT2D eigenvalue weighted by Crippen LogP contribution is -2.21. The van der Waals surface area contributed by atoms with Crippen molar-refractivity contribution >= 4 is 16.7 Å². The molecule has 20 heavy (non-hydrogen) atoms. The van der Waals surface area contributed by atoms with Crippen molar-refractivity contribution in [1.82, 2.24) is 14.8 Å². The predicted molar refractivity (Wildman–Crippen MR) is 76.2 cm³/mol. The summed E-state index contributed by atoms with van der Waals surface area (Å²) in [4.78, 5) is 16.7. The number of hydrogen-bond acceptors (Lipinski definition) is 4. The van der Waals surface area contributed by atoms with Crippen molar-refractivity contribution in [3.63, 3.8) is 0 Å². The van der Waals surface area contributed by atoms with Gasteiger partial charge in [0.25, 0.3) is 0 Å². The van der Waals surface area contributed by atoms with Crippen LogP contribution in [0.2, 0.25) is 0 Å². The van der Waals surface area contributed by atoms with Crippen LogP contribution in [-0.4, -0.2) is 20.5 Å². The van der Waals surface area contributed by atoms with E-state index in [2.05, 4.69) is 10.1 Å². The third kappa shape index (κ3) is 2.19. The number of ketones is 1. The fourth-order valence-corrected chi connectivity index (χ4v) is 2.14. The lowest BCUT2D eigenvalue weighted by molar-refractivity contribution is 0.0961. The molecule has 0 saturated heterocycles. The standard InChI is InChI=1S/C15H14N4O/c1-19-9-12(8-18-19)14(16)15(20)11-6-10-4-2-3-5-13(10)17-7-11/h2-9,14H,16H2,1H3. The Morgan fingerprint density at radius 3 is 2.85 bits per heavy atom. The Labute approximate surface area is 116 Å². The Morgan fingerprint density at radius 2 is 2.10 bits per heavy atom. The number of pyridine rings is 1. The molecule has 0 aliphatic rings. The van der Waals surface area contributed by atoms with Gasteiger partial charge in [0.15, 0.2) is 5.78 Å². The van der Waals surface area contributed by atoms with Crippen LogP contribution in [0.15, 0.2) is 48.9 Å². The van der Waals surface area contributed by atoms with Gasteiger partial charge in [0.05, 0.1) is 17.8 Å². The van der Waals surface area contributed by atoms with Crippen LogP contribution in [0.4, 0.5) is 0 Å². The van der Waals surface area contributed by atoms with Crippen molar-refractivity contribution in [3.8, 4) is 0 Å². The van der Waals surface area contributed by atoms with E-state index in [0.717, 1.165) is 10.9 Å². The summed E-state index contributed by atoms with van der Waals surface area (Å²) < 4.78 is 1.63. The topological polar surface area (TPSA) is 73.8 Å². The first-order chi connectivity index (χ1) is 9.65. The number of benzene rings is 1. The number of hydrogen-bond donors (Lipinski definition) is 1. The molecule has 1 aromatic carbocycles. The van der Waals surface area contributed by atoms with Gasteiger partial charge in [0.2, 0.25) is 0 Å². The fraction of sp³-hybridized carbons (Fsp3) is 0.133. The molecule has 0 spiro atoms. The molecule has 0 aliphatic carbocycles. The van der Waals surface area contributed by atoms with E-state index in [-0.39, 0.29) is 5.78 Å². The zero-order valence-corrected chi connectivity index (χ0v) is 11.0. The maximum Gasteiger partial charge on any atom is 0.185 e. The molecule has 0 saturated carbocycles. The van der Waals surface area contributed by atoms with Crippen molar-refractivity contribution in [2.24, 2.45) is 12.8 Å². The molecule has 2 aromatic heterocycles. The lowest BCUT2D eigenvalue weighted by atomic mass is 10.0. The highest BCUT2D eigenvalue weighted by atomic mass is 16.1. The summed E-state index contributed by atoms with van der Waals surface area (Å²) >= 11 is 0. The van der Waals surface area contributed by atoms with Gasteiger partial charge in [-0.1, -0.05) is 18.2 Å². The lowest BCUT2D eigenvalue weighted by Gasteiger charge is -2.08. The van der Waals surface area contributed by atoms with Crippen LogP contribution < -0.4 is 5.73 Å². The molecule has 0 fully saturated rings. The highest BCUT2D eigenvalue weighted by Gasteiger charge is 2.19. The summed E-state index contributed by atoms with van der Waals surface area (Å²) in [5, 5.41) is 4.96. The molecule has 3 aromatic rings. The number of Topliss-reactive ketones (excluding diaryl/α,β-unsaturated/α-hetero) is 1. The smallest absolute Gasteiger partial charge is 0.185 e. The average Bonchev–Trinajstić information content (AvgIpc) is 2.92. The third-order valence-corrected chi connectivity index (χ3v) is 3.24. The van der Waals surface area contributed by atoms with Crippen LogP contribution in [0.5, 0.6) is 0 Å². The summed E-state index contributed by atoms with van der Waals surface area (Å²) in [6, 6.07) is 8.77. The highest BCUT2D eigenvalue weighted by Crippen LogP contribution is 2.18. The van der Waals surface area contributed by atoms with Gasteiger partial charge in [-0.2, -0.15) is 5.10 Å². The minimum Gasteiger partial charge on any atom is -0.317 e. The SMILES string of the molecule is Cn1cc(C(N)C(=O)c2cnc3ccccc3c2)cn1. The predicted octanol–water partition coefficient (Wildman–Crippen LogP) is 1.85. The van der Waals surface area contributed by atoms with Crippen molar-refractivity contribution in [3.05, 3.63) is 60.0 Å². The van der Waals surface area contributed by atoms with Crippen LogP contribution in [0.25, 0.3) is 10.9 Å². The number of nitrogens with two attached hydrogens (primary N) is 1. The number of rotatable bonds is 3. The van der Waals surface area contributed by atoms with Gasteiger partial charge in [-0.3, -0.25) is 14.5 Å². The van der Waals surface area contributed by atoms with Crippen molar-refractivity contribution in [2.75, 3.05) is 0 Å². The van der Waals surface area contributed by atoms with Gasteiger partial charge < -0.3 is 5.73 Å². The Balaban J connectivity index is 1.95. The highest BCUT2D eigenvalue weighted by molar-refractivity contribution is 6.02. The zero-order valence-electron chi connectivity index (χ0n) is 11.0. The number of para-hydroxylation sites is 1. The molecule has 3 rings (SSSR count). The first-order valence-electron chi connectivity index (χ1n) is 6.28. The van der Waals surface area contributed by atoms with E-state index < -0.39 is 6.04 Å². The fourth-order valence-electron chi connectivity index (χ4n) is 2.14. The van der Waals surface area contributed by atoms with E-state index in [1.807, 2.05) is 30.3 Å². The van der Waals surface area contributed by atoms with E-state index in [1.54, 1.807) is 30.3 Å². The largest absolute Gasteiger partial charge is 0.317 e. The van der Waals surface area contributed by atoms with Crippen molar-refractivity contribution in [2.45, 2.75) is 6.04 Å². The maximum absolute atomic E-state index is 12.4. The van der Waals surface area contributed by atoms with Crippen LogP contribution in [0, 0.1) is 0 Å². The quantitative estimate of drug-likeness (QED) is 0.734. The number of aromatic nitrogens is 3. The molecule has 0 aliphatic heterocycles. The second-order valence-corrected chi connectivity index (χ2v) is 4.71. The normalized spacial score (nSPS) is 12.5. The third-order valence-electron chi connectivity index (χ3n) is 3.24. The van der Waals surface area contributed by atoms with Gasteiger partial charge in [-0.15, -0.1) is 0 Å². The number of carbonyl (C=O) groups excluding carboxylic acids is 1. The number of nitrogens with zero attached hydrogens (tertiary/aromatic N) is 3. The molecule has 100 valence electrons. The van der Waals surface area contributed by atoms with Gasteiger partial charge >= 0.3 is 0 Å². The number of aryl methyl sites for hydroxylation is 1. The van der Waals surface area contributed by atoms with Gasteiger partial charge in [0, 0.05) is 36.0 Å². The van der Waals surface area contributed by atoms with Crippen LogP contribution in [-0.2, 0) is 7.05 Å². The summed E-state index contributed by atoms with van der Waals surface area (Å²) in [6.07, 6.45) is 4.93. The molecule has 5 nitrogen and oxygen atoms in total. The Kier molecular flexibility index (Phi) is 3.04. The van der Waals surface area contributed by atoms with Gasteiger partial charge in [0.1, 0.15) is 0 Å². The van der Waals surface area contributed by atoms with Gasteiger partial charge in [-0.05, 0) is 12.1 Å². The second kappa shape index (κ2) is 4.86.